The van der Waals surface area contributed by atoms with Crippen molar-refractivity contribution >= 4 is 17.8 Å². The fourth-order valence-corrected chi connectivity index (χ4v) is 2.81. The Labute approximate surface area is 187 Å². The molecule has 2 rings (SSSR count). The van der Waals surface area contributed by atoms with E-state index < -0.39 is 30.5 Å². The van der Waals surface area contributed by atoms with Gasteiger partial charge in [-0.1, -0.05) is 44.2 Å². The minimum absolute atomic E-state index is 0.209. The summed E-state index contributed by atoms with van der Waals surface area (Å²) in [4.78, 5) is 36.7. The van der Waals surface area contributed by atoms with Crippen molar-refractivity contribution < 1.29 is 33.3 Å². The number of hydrogen-bond donors (Lipinski definition) is 1. The molecule has 0 heterocycles. The molecular weight excluding hydrogens is 414 g/mol. The lowest BCUT2D eigenvalue weighted by Gasteiger charge is -2.17. The molecular formula is C24H29NO7. The Hall–Kier alpha value is -3.55. The topological polar surface area (TPSA) is 100 Å². The summed E-state index contributed by atoms with van der Waals surface area (Å²) in [7, 11) is 2.72. The highest BCUT2D eigenvalue weighted by molar-refractivity contribution is 5.92. The van der Waals surface area contributed by atoms with Crippen LogP contribution in [0.25, 0.3) is 0 Å². The van der Waals surface area contributed by atoms with Gasteiger partial charge in [0, 0.05) is 6.42 Å². The van der Waals surface area contributed by atoms with E-state index in [1.54, 1.807) is 6.07 Å². The number of amides is 1. The molecule has 0 aliphatic carbocycles. The lowest BCUT2D eigenvalue weighted by atomic mass is 10.1. The van der Waals surface area contributed by atoms with Gasteiger partial charge < -0.3 is 24.3 Å². The molecule has 1 unspecified atom stereocenters. The zero-order valence-electron chi connectivity index (χ0n) is 18.8. The summed E-state index contributed by atoms with van der Waals surface area (Å²) >= 11 is 0. The first kappa shape index (κ1) is 24.7. The molecule has 0 bridgehead atoms. The Morgan fingerprint density at radius 1 is 0.969 bits per heavy atom. The second-order valence-electron chi connectivity index (χ2n) is 7.48. The lowest BCUT2D eigenvalue weighted by Crippen LogP contribution is -2.44. The van der Waals surface area contributed by atoms with Crippen LogP contribution < -0.4 is 14.8 Å². The molecule has 0 aliphatic heterocycles. The van der Waals surface area contributed by atoms with E-state index in [-0.39, 0.29) is 12.0 Å². The Morgan fingerprint density at radius 2 is 1.69 bits per heavy atom. The Kier molecular flexibility index (Phi) is 9.53. The van der Waals surface area contributed by atoms with Crippen molar-refractivity contribution in [2.45, 2.75) is 26.3 Å². The molecule has 1 amide bonds. The molecule has 0 aromatic heterocycles. The minimum Gasteiger partial charge on any atom is -0.493 e. The van der Waals surface area contributed by atoms with Crippen LogP contribution in [0, 0.1) is 5.92 Å². The quantitative estimate of drug-likeness (QED) is 0.533. The number of carbonyl (C=O) groups excluding carboxylic acids is 3. The molecule has 2 aromatic carbocycles. The lowest BCUT2D eigenvalue weighted by molar-refractivity contribution is -0.145. The predicted molar refractivity (Wildman–Crippen MR) is 118 cm³/mol. The summed E-state index contributed by atoms with van der Waals surface area (Å²) in [5.74, 6) is -0.676. The smallest absolute Gasteiger partial charge is 0.338 e. The average molecular weight is 443 g/mol. The van der Waals surface area contributed by atoms with Gasteiger partial charge in [-0.3, -0.25) is 4.79 Å². The van der Waals surface area contributed by atoms with Crippen molar-refractivity contribution in [3.05, 3.63) is 59.7 Å². The van der Waals surface area contributed by atoms with Gasteiger partial charge in [0.15, 0.2) is 18.1 Å². The number of esters is 2. The van der Waals surface area contributed by atoms with Gasteiger partial charge in [-0.15, -0.1) is 0 Å². The standard InChI is InChI=1S/C24H29NO7/c1-16(2)14-31-20-11-10-18(13-21(20)29-3)23(27)32-15-22(26)25-19(24(28)30-4)12-17-8-6-5-7-9-17/h5-11,13,16,19H,12,14-15H2,1-4H3,(H,25,26). The van der Waals surface area contributed by atoms with Crippen LogP contribution in [-0.2, 0) is 25.5 Å². The van der Waals surface area contributed by atoms with Crippen LogP contribution in [-0.4, -0.2) is 51.3 Å². The van der Waals surface area contributed by atoms with Crippen molar-refractivity contribution in [1.82, 2.24) is 5.32 Å². The third kappa shape index (κ3) is 7.61. The number of methoxy groups -OCH3 is 2. The first-order chi connectivity index (χ1) is 15.3. The average Bonchev–Trinajstić information content (AvgIpc) is 2.80. The summed E-state index contributed by atoms with van der Waals surface area (Å²) < 4.78 is 20.8. The first-order valence-electron chi connectivity index (χ1n) is 10.2. The van der Waals surface area contributed by atoms with Crippen LogP contribution in [0.3, 0.4) is 0 Å². The fourth-order valence-electron chi connectivity index (χ4n) is 2.81. The summed E-state index contributed by atoms with van der Waals surface area (Å²) in [5.41, 5.74) is 1.06. The molecule has 2 aromatic rings. The zero-order chi connectivity index (χ0) is 23.5. The van der Waals surface area contributed by atoms with Crippen molar-refractivity contribution in [2.24, 2.45) is 5.92 Å². The summed E-state index contributed by atoms with van der Waals surface area (Å²) in [6.45, 7) is 4.00. The van der Waals surface area contributed by atoms with Crippen LogP contribution in [0.15, 0.2) is 48.5 Å². The van der Waals surface area contributed by atoms with E-state index in [0.717, 1.165) is 5.56 Å². The number of benzene rings is 2. The van der Waals surface area contributed by atoms with Gasteiger partial charge in [0.1, 0.15) is 6.04 Å². The number of carbonyl (C=O) groups is 3. The van der Waals surface area contributed by atoms with Crippen LogP contribution in [0.4, 0.5) is 0 Å². The Balaban J connectivity index is 1.95. The van der Waals surface area contributed by atoms with E-state index in [1.807, 2.05) is 44.2 Å². The molecule has 0 fully saturated rings. The number of nitrogens with one attached hydrogen (secondary N) is 1. The van der Waals surface area contributed by atoms with Crippen molar-refractivity contribution in [1.29, 1.82) is 0 Å². The SMILES string of the molecule is COC(=O)C(Cc1ccccc1)NC(=O)COC(=O)c1ccc(OCC(C)C)c(OC)c1. The van der Waals surface area contributed by atoms with Gasteiger partial charge in [0.25, 0.3) is 5.91 Å². The van der Waals surface area contributed by atoms with Crippen molar-refractivity contribution in [2.75, 3.05) is 27.4 Å². The highest BCUT2D eigenvalue weighted by atomic mass is 16.5. The Morgan fingerprint density at radius 3 is 2.31 bits per heavy atom. The highest BCUT2D eigenvalue weighted by Crippen LogP contribution is 2.28. The molecule has 8 heteroatoms. The van der Waals surface area contributed by atoms with E-state index in [9.17, 15) is 14.4 Å². The monoisotopic (exact) mass is 443 g/mol. The van der Waals surface area contributed by atoms with Crippen LogP contribution >= 0.6 is 0 Å². The van der Waals surface area contributed by atoms with Crippen molar-refractivity contribution in [3.8, 4) is 11.5 Å². The number of ether oxygens (including phenoxy) is 4. The molecule has 0 saturated heterocycles. The van der Waals surface area contributed by atoms with E-state index in [0.29, 0.717) is 24.0 Å². The molecule has 1 N–H and O–H groups in total. The van der Waals surface area contributed by atoms with Crippen LogP contribution in [0.1, 0.15) is 29.8 Å². The van der Waals surface area contributed by atoms with Crippen LogP contribution in [0.5, 0.6) is 11.5 Å². The van der Waals surface area contributed by atoms with Gasteiger partial charge >= 0.3 is 11.9 Å². The maximum absolute atomic E-state index is 12.4. The largest absolute Gasteiger partial charge is 0.493 e. The number of rotatable bonds is 11. The highest BCUT2D eigenvalue weighted by Gasteiger charge is 2.23. The van der Waals surface area contributed by atoms with Crippen molar-refractivity contribution in [3.63, 3.8) is 0 Å². The van der Waals surface area contributed by atoms with E-state index in [2.05, 4.69) is 5.32 Å². The van der Waals surface area contributed by atoms with E-state index >= 15 is 0 Å². The van der Waals surface area contributed by atoms with Gasteiger partial charge in [-0.25, -0.2) is 9.59 Å². The maximum Gasteiger partial charge on any atom is 0.338 e. The summed E-state index contributed by atoms with van der Waals surface area (Å²) in [6, 6.07) is 12.9. The van der Waals surface area contributed by atoms with Gasteiger partial charge in [-0.2, -0.15) is 0 Å². The third-order valence-electron chi connectivity index (χ3n) is 4.41. The molecule has 0 radical (unpaired) electrons. The second-order valence-corrected chi connectivity index (χ2v) is 7.48. The minimum atomic E-state index is -0.897. The first-order valence-corrected chi connectivity index (χ1v) is 10.2. The molecule has 32 heavy (non-hydrogen) atoms. The molecule has 172 valence electrons. The van der Waals surface area contributed by atoms with Gasteiger partial charge in [0.05, 0.1) is 26.4 Å². The van der Waals surface area contributed by atoms with E-state index in [4.69, 9.17) is 18.9 Å². The Bertz CT molecular complexity index is 912. The normalized spacial score (nSPS) is 11.4. The van der Waals surface area contributed by atoms with Gasteiger partial charge in [-0.05, 0) is 29.7 Å². The molecule has 0 aliphatic rings. The third-order valence-corrected chi connectivity index (χ3v) is 4.41. The molecule has 8 nitrogen and oxygen atoms in total. The second kappa shape index (κ2) is 12.3. The molecule has 1 atom stereocenters. The zero-order valence-corrected chi connectivity index (χ0v) is 18.8. The fraction of sp³-hybridized carbons (Fsp3) is 0.375. The summed E-state index contributed by atoms with van der Waals surface area (Å²) in [5, 5.41) is 2.55. The van der Waals surface area contributed by atoms with Crippen LogP contribution in [0.2, 0.25) is 0 Å². The molecule has 0 saturated carbocycles. The van der Waals surface area contributed by atoms with E-state index in [1.165, 1.54) is 26.4 Å². The molecule has 0 spiro atoms. The van der Waals surface area contributed by atoms with Gasteiger partial charge in [0.2, 0.25) is 0 Å². The summed E-state index contributed by atoms with van der Waals surface area (Å²) in [6.07, 6.45) is 0.252. The number of hydrogen-bond acceptors (Lipinski definition) is 7. The maximum atomic E-state index is 12.4. The predicted octanol–water partition coefficient (Wildman–Crippen LogP) is 2.79.